The van der Waals surface area contributed by atoms with Crippen LogP contribution in [0, 0.1) is 0 Å². The van der Waals surface area contributed by atoms with Crippen molar-refractivity contribution in [2.24, 2.45) is 0 Å². The Balaban J connectivity index is 1.60. The molecule has 0 radical (unpaired) electrons. The minimum atomic E-state index is -0.0925. The van der Waals surface area contributed by atoms with Crippen LogP contribution in [-0.2, 0) is 11.3 Å². The summed E-state index contributed by atoms with van der Waals surface area (Å²) in [5.41, 5.74) is 1.89. The summed E-state index contributed by atoms with van der Waals surface area (Å²) in [6, 6.07) is 19.6. The van der Waals surface area contributed by atoms with Gasteiger partial charge in [0, 0.05) is 25.0 Å². The first kappa shape index (κ1) is 17.2. The predicted molar refractivity (Wildman–Crippen MR) is 110 cm³/mol. The molecule has 0 unspecified atom stereocenters. The fourth-order valence-corrected chi connectivity index (χ4v) is 3.73. The van der Waals surface area contributed by atoms with Gasteiger partial charge in [-0.15, -0.1) is 0 Å². The molecule has 0 N–H and O–H groups in total. The molecule has 0 atom stereocenters. The highest BCUT2D eigenvalue weighted by atomic mass is 32.1. The third-order valence-electron chi connectivity index (χ3n) is 4.11. The number of nitrogens with zero attached hydrogens (tertiary/aromatic N) is 4. The van der Waals surface area contributed by atoms with Crippen LogP contribution in [-0.4, -0.2) is 27.2 Å². The Kier molecular flexibility index (Phi) is 5.07. The molecule has 0 bridgehead atoms. The third kappa shape index (κ3) is 4.12. The first-order valence-electron chi connectivity index (χ1n) is 8.67. The smallest absolute Gasteiger partial charge is 0.252 e. The van der Waals surface area contributed by atoms with Crippen molar-refractivity contribution in [2.45, 2.75) is 6.54 Å². The summed E-state index contributed by atoms with van der Waals surface area (Å²) in [6.07, 6.45) is 7.06. The van der Waals surface area contributed by atoms with E-state index < -0.39 is 0 Å². The summed E-state index contributed by atoms with van der Waals surface area (Å²) < 4.78 is 2.88. The molecule has 2 aromatic carbocycles. The Morgan fingerprint density at radius 3 is 2.67 bits per heavy atom. The average Bonchev–Trinajstić information content (AvgIpc) is 3.37. The standard InChI is InChI=1S/C21H18N4OS/c26-20(12-11-17-7-2-1-3-8-17)25(16-15-24-14-6-13-22-24)21-23-18-9-4-5-10-19(18)27-21/h1-14H,15-16H2. The molecule has 2 heterocycles. The Morgan fingerprint density at radius 1 is 1.07 bits per heavy atom. The first-order valence-corrected chi connectivity index (χ1v) is 9.49. The highest BCUT2D eigenvalue weighted by Gasteiger charge is 2.17. The molecule has 1 amide bonds. The monoisotopic (exact) mass is 374 g/mol. The van der Waals surface area contributed by atoms with Crippen molar-refractivity contribution in [1.82, 2.24) is 14.8 Å². The van der Waals surface area contributed by atoms with Gasteiger partial charge in [-0.25, -0.2) is 4.98 Å². The lowest BCUT2D eigenvalue weighted by Crippen LogP contribution is -2.32. The molecule has 0 saturated heterocycles. The van der Waals surface area contributed by atoms with Crippen molar-refractivity contribution in [3.05, 3.63) is 84.7 Å². The second-order valence-electron chi connectivity index (χ2n) is 5.97. The summed E-state index contributed by atoms with van der Waals surface area (Å²) in [4.78, 5) is 19.3. The maximum Gasteiger partial charge on any atom is 0.252 e. The van der Waals surface area contributed by atoms with Crippen LogP contribution < -0.4 is 4.90 Å². The van der Waals surface area contributed by atoms with Crippen molar-refractivity contribution < 1.29 is 4.79 Å². The number of carbonyl (C=O) groups is 1. The summed E-state index contributed by atoms with van der Waals surface area (Å²) in [5, 5.41) is 4.92. The van der Waals surface area contributed by atoms with Crippen LogP contribution in [0.3, 0.4) is 0 Å². The first-order chi connectivity index (χ1) is 13.3. The summed E-state index contributed by atoms with van der Waals surface area (Å²) >= 11 is 1.52. The lowest BCUT2D eigenvalue weighted by Gasteiger charge is -2.18. The van der Waals surface area contributed by atoms with Crippen LogP contribution in [0.25, 0.3) is 16.3 Å². The number of rotatable bonds is 6. The number of carbonyl (C=O) groups excluding carboxylic acids is 1. The van der Waals surface area contributed by atoms with E-state index in [1.54, 1.807) is 17.2 Å². The number of benzene rings is 2. The van der Waals surface area contributed by atoms with Gasteiger partial charge in [0.2, 0.25) is 0 Å². The highest BCUT2D eigenvalue weighted by Crippen LogP contribution is 2.28. The number of hydrogen-bond donors (Lipinski definition) is 0. The van der Waals surface area contributed by atoms with E-state index in [0.29, 0.717) is 18.2 Å². The summed E-state index contributed by atoms with van der Waals surface area (Å²) in [6.45, 7) is 1.10. The van der Waals surface area contributed by atoms with Gasteiger partial charge in [-0.3, -0.25) is 14.4 Å². The van der Waals surface area contributed by atoms with Gasteiger partial charge >= 0.3 is 0 Å². The van der Waals surface area contributed by atoms with Gasteiger partial charge in [0.1, 0.15) is 0 Å². The SMILES string of the molecule is O=C(C=Cc1ccccc1)N(CCn1cccn1)c1nc2ccccc2s1. The summed E-state index contributed by atoms with van der Waals surface area (Å²) in [5.74, 6) is -0.0925. The number of fused-ring (bicyclic) bond motifs is 1. The molecule has 0 spiro atoms. The van der Waals surface area contributed by atoms with E-state index in [4.69, 9.17) is 0 Å². The van der Waals surface area contributed by atoms with E-state index in [-0.39, 0.29) is 5.91 Å². The Hall–Kier alpha value is -3.25. The van der Waals surface area contributed by atoms with Crippen molar-refractivity contribution in [3.63, 3.8) is 0 Å². The fraction of sp³-hybridized carbons (Fsp3) is 0.0952. The molecule has 0 aliphatic carbocycles. The average molecular weight is 374 g/mol. The van der Waals surface area contributed by atoms with E-state index in [2.05, 4.69) is 10.1 Å². The molecule has 0 saturated carbocycles. The Labute approximate surface area is 161 Å². The second kappa shape index (κ2) is 7.97. The molecule has 0 fully saturated rings. The zero-order valence-corrected chi connectivity index (χ0v) is 15.4. The molecule has 27 heavy (non-hydrogen) atoms. The van der Waals surface area contributed by atoms with Gasteiger partial charge in [-0.05, 0) is 29.8 Å². The molecule has 4 aromatic rings. The molecule has 0 aliphatic rings. The topological polar surface area (TPSA) is 51.0 Å². The van der Waals surface area contributed by atoms with Crippen molar-refractivity contribution in [3.8, 4) is 0 Å². The normalized spacial score (nSPS) is 11.3. The molecule has 6 heteroatoms. The molecular formula is C21H18N4OS. The van der Waals surface area contributed by atoms with Gasteiger partial charge < -0.3 is 0 Å². The minimum Gasteiger partial charge on any atom is -0.283 e. The number of amides is 1. The van der Waals surface area contributed by atoms with Crippen LogP contribution in [0.1, 0.15) is 5.56 Å². The minimum absolute atomic E-state index is 0.0925. The number of hydrogen-bond acceptors (Lipinski definition) is 4. The maximum atomic E-state index is 12.9. The number of aromatic nitrogens is 3. The molecular weight excluding hydrogens is 356 g/mol. The van der Waals surface area contributed by atoms with E-state index in [0.717, 1.165) is 15.8 Å². The van der Waals surface area contributed by atoms with Gasteiger partial charge in [-0.2, -0.15) is 5.10 Å². The Morgan fingerprint density at radius 2 is 1.89 bits per heavy atom. The lowest BCUT2D eigenvalue weighted by atomic mass is 10.2. The van der Waals surface area contributed by atoms with Crippen LogP contribution >= 0.6 is 11.3 Å². The molecule has 134 valence electrons. The van der Waals surface area contributed by atoms with Gasteiger partial charge in [0.15, 0.2) is 5.13 Å². The highest BCUT2D eigenvalue weighted by molar-refractivity contribution is 7.22. The summed E-state index contributed by atoms with van der Waals surface area (Å²) in [7, 11) is 0. The fourth-order valence-electron chi connectivity index (χ4n) is 2.73. The van der Waals surface area contributed by atoms with Gasteiger partial charge in [0.25, 0.3) is 5.91 Å². The van der Waals surface area contributed by atoms with Gasteiger partial charge in [-0.1, -0.05) is 53.8 Å². The molecule has 2 aromatic heterocycles. The van der Waals surface area contributed by atoms with E-state index >= 15 is 0 Å². The van der Waals surface area contributed by atoms with Crippen molar-refractivity contribution in [1.29, 1.82) is 0 Å². The van der Waals surface area contributed by atoms with Crippen molar-refractivity contribution in [2.75, 3.05) is 11.4 Å². The van der Waals surface area contributed by atoms with Crippen LogP contribution in [0.5, 0.6) is 0 Å². The number of anilines is 1. The van der Waals surface area contributed by atoms with Crippen molar-refractivity contribution >= 4 is 38.7 Å². The van der Waals surface area contributed by atoms with E-state index in [1.165, 1.54) is 11.3 Å². The zero-order chi connectivity index (χ0) is 18.5. The Bertz CT molecular complexity index is 1020. The van der Waals surface area contributed by atoms with E-state index in [9.17, 15) is 4.79 Å². The van der Waals surface area contributed by atoms with E-state index in [1.807, 2.05) is 77.6 Å². The third-order valence-corrected chi connectivity index (χ3v) is 5.17. The quantitative estimate of drug-likeness (QED) is 0.474. The number of para-hydroxylation sites is 1. The lowest BCUT2D eigenvalue weighted by molar-refractivity contribution is -0.114. The van der Waals surface area contributed by atoms with Crippen LogP contribution in [0.2, 0.25) is 0 Å². The zero-order valence-electron chi connectivity index (χ0n) is 14.6. The number of thiazole rings is 1. The molecule has 4 rings (SSSR count). The van der Waals surface area contributed by atoms with Crippen LogP contribution in [0.15, 0.2) is 79.1 Å². The molecule has 5 nitrogen and oxygen atoms in total. The van der Waals surface area contributed by atoms with Gasteiger partial charge in [0.05, 0.1) is 16.8 Å². The predicted octanol–water partition coefficient (Wildman–Crippen LogP) is 4.24. The molecule has 0 aliphatic heterocycles. The second-order valence-corrected chi connectivity index (χ2v) is 6.98. The largest absolute Gasteiger partial charge is 0.283 e. The van der Waals surface area contributed by atoms with Crippen LogP contribution in [0.4, 0.5) is 5.13 Å². The maximum absolute atomic E-state index is 12.9.